The monoisotopic (exact) mass is 352 g/mol. The molecule has 0 radical (unpaired) electrons. The summed E-state index contributed by atoms with van der Waals surface area (Å²) in [6, 6.07) is 12.8. The Morgan fingerprint density at radius 2 is 1.80 bits per heavy atom. The molecule has 108 valence electrons. The molecule has 0 aliphatic carbocycles. The largest absolute Gasteiger partial charge is 0.376 e. The molecule has 0 spiro atoms. The van der Waals surface area contributed by atoms with Crippen molar-refractivity contribution in [2.75, 3.05) is 11.9 Å². The third-order valence-electron chi connectivity index (χ3n) is 3.13. The van der Waals surface area contributed by atoms with Crippen LogP contribution >= 0.6 is 27.3 Å². The van der Waals surface area contributed by atoms with Gasteiger partial charge in [-0.2, -0.15) is 0 Å². The van der Waals surface area contributed by atoms with E-state index >= 15 is 0 Å². The summed E-state index contributed by atoms with van der Waals surface area (Å²) in [5.74, 6) is 0. The van der Waals surface area contributed by atoms with Crippen molar-refractivity contribution in [2.45, 2.75) is 32.2 Å². The Morgan fingerprint density at radius 1 is 1.15 bits per heavy atom. The van der Waals surface area contributed by atoms with Crippen LogP contribution in [0.5, 0.6) is 0 Å². The maximum Gasteiger partial charge on any atom is 0.0728 e. The average Bonchev–Trinajstić information content (AvgIpc) is 2.87. The molecule has 0 aliphatic rings. The molecule has 2 aromatic rings. The van der Waals surface area contributed by atoms with Gasteiger partial charge >= 0.3 is 0 Å². The van der Waals surface area contributed by atoms with Crippen LogP contribution in [0.2, 0.25) is 0 Å². The fourth-order valence-electron chi connectivity index (χ4n) is 1.94. The number of nitrogens with one attached hydrogen (secondary N) is 1. The maximum atomic E-state index is 5.94. The molecule has 0 amide bonds. The number of thiophene rings is 1. The van der Waals surface area contributed by atoms with Crippen LogP contribution in [0.15, 0.2) is 40.9 Å². The van der Waals surface area contributed by atoms with Crippen molar-refractivity contribution >= 4 is 33.0 Å². The Labute approximate surface area is 133 Å². The van der Waals surface area contributed by atoms with Crippen molar-refractivity contribution in [3.05, 3.63) is 50.6 Å². The zero-order chi connectivity index (χ0) is 14.8. The van der Waals surface area contributed by atoms with E-state index in [-0.39, 0.29) is 11.5 Å². The van der Waals surface area contributed by atoms with Gasteiger partial charge in [-0.25, -0.2) is 0 Å². The van der Waals surface area contributed by atoms with E-state index in [4.69, 9.17) is 5.73 Å². The van der Waals surface area contributed by atoms with E-state index < -0.39 is 0 Å². The van der Waals surface area contributed by atoms with E-state index in [2.05, 4.69) is 66.3 Å². The number of anilines is 1. The van der Waals surface area contributed by atoms with Crippen molar-refractivity contribution in [1.29, 1.82) is 0 Å². The number of hydrogen-bond donors (Lipinski definition) is 2. The topological polar surface area (TPSA) is 38.0 Å². The molecule has 0 bridgehead atoms. The summed E-state index contributed by atoms with van der Waals surface area (Å²) in [7, 11) is 0. The molecular formula is C16H21BrN2S. The molecule has 2 nitrogen and oxygen atoms in total. The zero-order valence-electron chi connectivity index (χ0n) is 12.1. The van der Waals surface area contributed by atoms with Gasteiger partial charge in [-0.1, -0.05) is 36.7 Å². The predicted molar refractivity (Wildman–Crippen MR) is 92.6 cm³/mol. The molecule has 1 heterocycles. The first kappa shape index (κ1) is 15.5. The van der Waals surface area contributed by atoms with Crippen LogP contribution in [-0.4, -0.2) is 6.54 Å². The normalized spacial score (nSPS) is 13.2. The highest BCUT2D eigenvalue weighted by atomic mass is 79.9. The van der Waals surface area contributed by atoms with E-state index in [1.165, 1.54) is 9.75 Å². The first-order valence-corrected chi connectivity index (χ1v) is 8.33. The van der Waals surface area contributed by atoms with E-state index in [1.807, 2.05) is 23.5 Å². The Hall–Kier alpha value is -0.840. The van der Waals surface area contributed by atoms with Crippen molar-refractivity contribution < 1.29 is 0 Å². The van der Waals surface area contributed by atoms with Gasteiger partial charge in [-0.05, 0) is 41.8 Å². The van der Waals surface area contributed by atoms with Gasteiger partial charge in [0, 0.05) is 26.5 Å². The standard InChI is InChI=1S/C16H21BrN2S/c1-16(2,3)15-9-8-14(20-15)13(10-18)19-12-6-4-11(17)5-7-12/h4-9,13,19H,10,18H2,1-3H3. The third-order valence-corrected chi connectivity index (χ3v) is 5.28. The quantitative estimate of drug-likeness (QED) is 0.819. The molecule has 0 saturated carbocycles. The summed E-state index contributed by atoms with van der Waals surface area (Å²) in [5.41, 5.74) is 7.22. The smallest absolute Gasteiger partial charge is 0.0728 e. The number of rotatable bonds is 4. The molecule has 0 aliphatic heterocycles. The maximum absolute atomic E-state index is 5.94. The van der Waals surface area contributed by atoms with Crippen molar-refractivity contribution in [3.8, 4) is 0 Å². The van der Waals surface area contributed by atoms with Crippen molar-refractivity contribution in [1.82, 2.24) is 0 Å². The molecule has 1 unspecified atom stereocenters. The molecule has 2 rings (SSSR count). The molecule has 20 heavy (non-hydrogen) atoms. The number of benzene rings is 1. The zero-order valence-corrected chi connectivity index (χ0v) is 14.5. The van der Waals surface area contributed by atoms with Gasteiger partial charge in [0.15, 0.2) is 0 Å². The van der Waals surface area contributed by atoms with Gasteiger partial charge in [0.1, 0.15) is 0 Å². The fourth-order valence-corrected chi connectivity index (χ4v) is 3.33. The van der Waals surface area contributed by atoms with Crippen LogP contribution < -0.4 is 11.1 Å². The van der Waals surface area contributed by atoms with Gasteiger partial charge in [-0.3, -0.25) is 0 Å². The van der Waals surface area contributed by atoms with E-state index in [0.717, 1.165) is 10.2 Å². The summed E-state index contributed by atoms with van der Waals surface area (Å²) in [6.45, 7) is 7.30. The summed E-state index contributed by atoms with van der Waals surface area (Å²) in [5, 5.41) is 3.50. The fraction of sp³-hybridized carbons (Fsp3) is 0.375. The number of nitrogens with two attached hydrogens (primary N) is 1. The molecule has 0 saturated heterocycles. The van der Waals surface area contributed by atoms with Crippen LogP contribution in [0.4, 0.5) is 5.69 Å². The summed E-state index contributed by atoms with van der Waals surface area (Å²) >= 11 is 5.29. The lowest BCUT2D eigenvalue weighted by molar-refractivity contribution is 0.604. The Morgan fingerprint density at radius 3 is 2.30 bits per heavy atom. The van der Waals surface area contributed by atoms with Crippen molar-refractivity contribution in [3.63, 3.8) is 0 Å². The van der Waals surface area contributed by atoms with Crippen LogP contribution in [0.25, 0.3) is 0 Å². The molecule has 3 N–H and O–H groups in total. The predicted octanol–water partition coefficient (Wildman–Crippen LogP) is 4.92. The SMILES string of the molecule is CC(C)(C)c1ccc(C(CN)Nc2ccc(Br)cc2)s1. The average molecular weight is 353 g/mol. The summed E-state index contributed by atoms with van der Waals surface area (Å²) in [4.78, 5) is 2.68. The number of halogens is 1. The molecule has 4 heteroatoms. The molecule has 1 aromatic heterocycles. The minimum Gasteiger partial charge on any atom is -0.376 e. The molecule has 0 fully saturated rings. The number of hydrogen-bond acceptors (Lipinski definition) is 3. The summed E-state index contributed by atoms with van der Waals surface area (Å²) < 4.78 is 1.08. The van der Waals surface area contributed by atoms with Crippen LogP contribution in [0.3, 0.4) is 0 Å². The van der Waals surface area contributed by atoms with Crippen LogP contribution in [0.1, 0.15) is 36.6 Å². The van der Waals surface area contributed by atoms with Crippen LogP contribution in [-0.2, 0) is 5.41 Å². The third kappa shape index (κ3) is 3.84. The molecular weight excluding hydrogens is 332 g/mol. The van der Waals surface area contributed by atoms with Crippen molar-refractivity contribution in [2.24, 2.45) is 5.73 Å². The lowest BCUT2D eigenvalue weighted by atomic mass is 9.95. The van der Waals surface area contributed by atoms with Gasteiger partial charge < -0.3 is 11.1 Å². The summed E-state index contributed by atoms with van der Waals surface area (Å²) in [6.07, 6.45) is 0. The first-order chi connectivity index (χ1) is 9.40. The lowest BCUT2D eigenvalue weighted by Crippen LogP contribution is -2.19. The highest BCUT2D eigenvalue weighted by Crippen LogP contribution is 2.33. The minimum atomic E-state index is 0.164. The second-order valence-corrected chi connectivity index (χ2v) is 7.92. The Balaban J connectivity index is 2.16. The highest BCUT2D eigenvalue weighted by molar-refractivity contribution is 9.10. The van der Waals surface area contributed by atoms with Crippen LogP contribution in [0, 0.1) is 0 Å². The molecule has 1 atom stereocenters. The van der Waals surface area contributed by atoms with E-state index in [0.29, 0.717) is 6.54 Å². The first-order valence-electron chi connectivity index (χ1n) is 6.72. The van der Waals surface area contributed by atoms with Gasteiger partial charge in [0.05, 0.1) is 6.04 Å². The van der Waals surface area contributed by atoms with E-state index in [9.17, 15) is 0 Å². The van der Waals surface area contributed by atoms with Gasteiger partial charge in [-0.15, -0.1) is 11.3 Å². The Kier molecular flexibility index (Phi) is 4.89. The van der Waals surface area contributed by atoms with E-state index in [1.54, 1.807) is 0 Å². The molecule has 1 aromatic carbocycles. The second kappa shape index (κ2) is 6.29. The Bertz CT molecular complexity index is 555. The minimum absolute atomic E-state index is 0.164. The second-order valence-electron chi connectivity index (χ2n) is 5.89. The van der Waals surface area contributed by atoms with Gasteiger partial charge in [0.2, 0.25) is 0 Å². The lowest BCUT2D eigenvalue weighted by Gasteiger charge is -2.18. The highest BCUT2D eigenvalue weighted by Gasteiger charge is 2.19. The van der Waals surface area contributed by atoms with Gasteiger partial charge in [0.25, 0.3) is 0 Å².